The van der Waals surface area contributed by atoms with E-state index in [0.717, 1.165) is 0 Å². The Morgan fingerprint density at radius 2 is 1.81 bits per heavy atom. The van der Waals surface area contributed by atoms with Gasteiger partial charge >= 0.3 is 5.97 Å². The number of ketones is 1. The van der Waals surface area contributed by atoms with Crippen molar-refractivity contribution in [3.63, 3.8) is 0 Å². The van der Waals surface area contributed by atoms with E-state index in [1.807, 2.05) is 45.9 Å². The second-order valence-electron chi connectivity index (χ2n) is 14.3. The number of cyclic esters (lactones) is 1. The number of nitrogens with zero attached hydrogens (tertiary/aromatic N) is 2. The number of allylic oxidation sites excluding steroid dienone is 2. The molecule has 9 unspecified atom stereocenters. The molecule has 9 atom stereocenters. The molecule has 0 aliphatic carbocycles. The predicted molar refractivity (Wildman–Crippen MR) is 195 cm³/mol. The minimum absolute atomic E-state index is 0.0368. The lowest BCUT2D eigenvalue weighted by molar-refractivity contribution is -0.167. The molecule has 294 valence electrons. The van der Waals surface area contributed by atoms with Crippen molar-refractivity contribution in [1.29, 1.82) is 0 Å². The van der Waals surface area contributed by atoms with Crippen molar-refractivity contribution in [2.75, 3.05) is 35.5 Å². The maximum atomic E-state index is 13.4. The smallest absolute Gasteiger partial charge is 0.308 e. The average Bonchev–Trinajstić information content (AvgIpc) is 3.58. The number of Topliss-reactive ketones (excluding diaryl/α,β-unsaturated/α-hetero) is 1. The molecule has 1 aliphatic rings. The van der Waals surface area contributed by atoms with E-state index in [1.165, 1.54) is 18.3 Å². The summed E-state index contributed by atoms with van der Waals surface area (Å²) < 4.78 is 34.5. The minimum Gasteiger partial charge on any atom is -0.462 e. The van der Waals surface area contributed by atoms with Crippen molar-refractivity contribution < 1.29 is 52.7 Å². The highest BCUT2D eigenvalue weighted by Crippen LogP contribution is 2.36. The van der Waals surface area contributed by atoms with Gasteiger partial charge in [0, 0.05) is 72.3 Å². The van der Waals surface area contributed by atoms with Crippen molar-refractivity contribution in [3.8, 4) is 0 Å². The van der Waals surface area contributed by atoms with Gasteiger partial charge in [-0.25, -0.2) is 4.98 Å². The number of esters is 1. The molecule has 0 saturated carbocycles. The van der Waals surface area contributed by atoms with Crippen LogP contribution in [0.1, 0.15) is 90.3 Å². The van der Waals surface area contributed by atoms with Crippen LogP contribution in [0.5, 0.6) is 0 Å². The van der Waals surface area contributed by atoms with Crippen molar-refractivity contribution in [3.05, 3.63) is 54.4 Å². The molecule has 0 radical (unpaired) electrons. The van der Waals surface area contributed by atoms with E-state index in [9.17, 15) is 24.6 Å². The number of methoxy groups -OCH3 is 4. The van der Waals surface area contributed by atoms with Crippen LogP contribution >= 0.6 is 0 Å². The van der Waals surface area contributed by atoms with Crippen LogP contribution in [0.15, 0.2) is 47.3 Å². The third-order valence-corrected chi connectivity index (χ3v) is 10.1. The molecule has 2 bridgehead atoms. The van der Waals surface area contributed by atoms with Gasteiger partial charge in [0.25, 0.3) is 0 Å². The van der Waals surface area contributed by atoms with Crippen LogP contribution in [0.25, 0.3) is 0 Å². The number of carbonyl (C=O) groups excluding carboxylic acids is 3. The van der Waals surface area contributed by atoms with Crippen LogP contribution in [0, 0.1) is 17.3 Å². The highest BCUT2D eigenvalue weighted by molar-refractivity contribution is 5.81. The molecule has 1 aromatic rings. The number of aliphatic hydroxyl groups is 2. The predicted octanol–water partition coefficient (Wildman–Crippen LogP) is 4.91. The van der Waals surface area contributed by atoms with Crippen LogP contribution in [-0.2, 0) is 44.5 Å². The number of rotatable bonds is 16. The zero-order chi connectivity index (χ0) is 38.8. The second-order valence-corrected chi connectivity index (χ2v) is 14.3. The SMILES string of the molecule is COC1/C=C\C=C/CC(OC)c2coc(n2)CC(O)C(C)(C)C(CC(OC)C(C)CCC(=O)C(C)C(C/C=C/N(C)C=O)OC)OC(=O)CC(O)C1. The van der Waals surface area contributed by atoms with Gasteiger partial charge in [-0.15, -0.1) is 0 Å². The second kappa shape index (κ2) is 22.8. The molecular weight excluding hydrogens is 672 g/mol. The third-order valence-electron chi connectivity index (χ3n) is 10.1. The highest BCUT2D eigenvalue weighted by Gasteiger charge is 2.42. The lowest BCUT2D eigenvalue weighted by Gasteiger charge is -2.40. The maximum Gasteiger partial charge on any atom is 0.308 e. The zero-order valence-corrected chi connectivity index (χ0v) is 32.4. The standard InChI is InChI=1S/C39H62N2O11/c1-26(17-18-31(44)27(2)32(48-7)16-13-19-41(5)25-42)34(50-9)22-36-39(3,4)35(45)23-37-40-30(24-51-37)33(49-8)15-12-10-11-14-29(47-6)20-28(43)21-38(46)52-36/h10-14,19,24-29,32-36,43,45H,15-18,20-23H2,1-9H3/b12-10-,14-11-,19-13+. The number of aliphatic hydroxyl groups excluding tert-OH is 2. The lowest BCUT2D eigenvalue weighted by atomic mass is 9.75. The van der Waals surface area contributed by atoms with Gasteiger partial charge in [0.15, 0.2) is 5.89 Å². The minimum atomic E-state index is -1.05. The van der Waals surface area contributed by atoms with Gasteiger partial charge < -0.3 is 43.2 Å². The molecule has 2 rings (SSSR count). The van der Waals surface area contributed by atoms with Crippen LogP contribution in [0.3, 0.4) is 0 Å². The van der Waals surface area contributed by atoms with Gasteiger partial charge in [0.2, 0.25) is 6.41 Å². The topological polar surface area (TPSA) is 167 Å². The Bertz CT molecular complexity index is 1310. The summed E-state index contributed by atoms with van der Waals surface area (Å²) in [4.78, 5) is 43.4. The van der Waals surface area contributed by atoms with Gasteiger partial charge in [-0.3, -0.25) is 14.4 Å². The number of aromatic nitrogens is 1. The quantitative estimate of drug-likeness (QED) is 0.174. The van der Waals surface area contributed by atoms with E-state index in [0.29, 0.717) is 37.3 Å². The van der Waals surface area contributed by atoms with Crippen molar-refractivity contribution in [2.24, 2.45) is 17.3 Å². The summed E-state index contributed by atoms with van der Waals surface area (Å²) in [5.41, 5.74) is -0.428. The Morgan fingerprint density at radius 1 is 1.10 bits per heavy atom. The van der Waals surface area contributed by atoms with Gasteiger partial charge in [-0.2, -0.15) is 0 Å². The number of amides is 1. The third kappa shape index (κ3) is 14.3. The fraction of sp³-hybridized carbons (Fsp3) is 0.692. The van der Waals surface area contributed by atoms with Crippen LogP contribution in [-0.4, -0.2) is 110 Å². The van der Waals surface area contributed by atoms with Crippen LogP contribution in [0.4, 0.5) is 0 Å². The summed E-state index contributed by atoms with van der Waals surface area (Å²) >= 11 is 0. The molecule has 1 aromatic heterocycles. The Balaban J connectivity index is 2.29. The number of carbonyl (C=O) groups is 3. The lowest BCUT2D eigenvalue weighted by Crippen LogP contribution is -2.46. The fourth-order valence-electron chi connectivity index (χ4n) is 6.19. The number of hydrogen-bond donors (Lipinski definition) is 2. The average molecular weight is 735 g/mol. The Kier molecular flexibility index (Phi) is 19.7. The zero-order valence-electron chi connectivity index (χ0n) is 32.4. The van der Waals surface area contributed by atoms with Crippen LogP contribution < -0.4 is 0 Å². The number of hydrogen-bond acceptors (Lipinski definition) is 12. The van der Waals surface area contributed by atoms with E-state index in [2.05, 4.69) is 4.98 Å². The first kappa shape index (κ1) is 45.0. The molecular formula is C39H62N2O11. The molecule has 2 N–H and O–H groups in total. The van der Waals surface area contributed by atoms with Crippen molar-refractivity contribution in [1.82, 2.24) is 9.88 Å². The van der Waals surface area contributed by atoms with E-state index in [4.69, 9.17) is 28.1 Å². The summed E-state index contributed by atoms with van der Waals surface area (Å²) in [7, 11) is 7.89. The molecule has 13 nitrogen and oxygen atoms in total. The first-order valence-electron chi connectivity index (χ1n) is 18.0. The van der Waals surface area contributed by atoms with Gasteiger partial charge in [0.05, 0.1) is 43.4 Å². The monoisotopic (exact) mass is 734 g/mol. The maximum absolute atomic E-state index is 13.4. The Hall–Kier alpha value is -3.20. The van der Waals surface area contributed by atoms with E-state index in [-0.39, 0.29) is 61.9 Å². The molecule has 52 heavy (non-hydrogen) atoms. The van der Waals surface area contributed by atoms with E-state index >= 15 is 0 Å². The molecule has 0 aromatic carbocycles. The molecule has 0 spiro atoms. The Labute approximate surface area is 309 Å². The van der Waals surface area contributed by atoms with E-state index < -0.39 is 41.9 Å². The molecule has 1 amide bonds. The fourth-order valence-corrected chi connectivity index (χ4v) is 6.19. The molecule has 0 fully saturated rings. The highest BCUT2D eigenvalue weighted by atomic mass is 16.5. The summed E-state index contributed by atoms with van der Waals surface area (Å²) in [5, 5.41) is 22.4. The molecule has 13 heteroatoms. The molecule has 1 aliphatic heterocycles. The largest absolute Gasteiger partial charge is 0.462 e. The summed E-state index contributed by atoms with van der Waals surface area (Å²) in [6, 6.07) is 0. The van der Waals surface area contributed by atoms with Crippen LogP contribution in [0.2, 0.25) is 0 Å². The van der Waals surface area contributed by atoms with Crippen molar-refractivity contribution >= 4 is 18.2 Å². The molecule has 2 heterocycles. The normalized spacial score (nSPS) is 26.9. The number of oxazole rings is 1. The number of ether oxygens (including phenoxy) is 5. The van der Waals surface area contributed by atoms with Crippen molar-refractivity contribution in [2.45, 2.75) is 122 Å². The summed E-state index contributed by atoms with van der Waals surface area (Å²) in [6.45, 7) is 7.43. The first-order chi connectivity index (χ1) is 24.7. The van der Waals surface area contributed by atoms with Gasteiger partial charge in [-0.05, 0) is 25.2 Å². The van der Waals surface area contributed by atoms with Gasteiger partial charge in [-0.1, -0.05) is 58.1 Å². The van der Waals surface area contributed by atoms with E-state index in [1.54, 1.807) is 46.7 Å². The molecule has 0 saturated heterocycles. The number of fused-ring (bicyclic) bond motifs is 2. The summed E-state index contributed by atoms with van der Waals surface area (Å²) in [5.74, 6) is -0.777. The first-order valence-corrected chi connectivity index (χ1v) is 18.0. The van der Waals surface area contributed by atoms with Gasteiger partial charge in [0.1, 0.15) is 29.9 Å². The Morgan fingerprint density at radius 3 is 2.44 bits per heavy atom. The summed E-state index contributed by atoms with van der Waals surface area (Å²) in [6.07, 6.45) is 10.5.